The first-order valence-electron chi connectivity index (χ1n) is 3.13. The van der Waals surface area contributed by atoms with E-state index in [2.05, 4.69) is 9.97 Å². The Bertz CT molecular complexity index is 394. The monoisotopic (exact) mass is 150 g/mol. The van der Waals surface area contributed by atoms with Crippen LogP contribution in [0, 0.1) is 0 Å². The fraction of sp³-hybridized carbons (Fsp3) is 0. The number of H-pyrrole nitrogens is 1. The number of aromatic hydroxyl groups is 2. The van der Waals surface area contributed by atoms with Crippen LogP contribution >= 0.6 is 0 Å². The van der Waals surface area contributed by atoms with Crippen LogP contribution in [-0.2, 0) is 0 Å². The molecule has 0 aliphatic heterocycles. The minimum absolute atomic E-state index is 0.194. The van der Waals surface area contributed by atoms with Crippen molar-refractivity contribution in [3.63, 3.8) is 0 Å². The average Bonchev–Trinajstić information content (AvgIpc) is 2.30. The Balaban J connectivity index is 2.92. The SMILES string of the molecule is Oc1[nH]c2cccnc2c1O. The first kappa shape index (κ1) is 6.03. The van der Waals surface area contributed by atoms with Gasteiger partial charge in [-0.25, -0.2) is 0 Å². The third-order valence-corrected chi connectivity index (χ3v) is 1.51. The molecule has 2 aromatic rings. The lowest BCUT2D eigenvalue weighted by atomic mass is 10.4. The molecule has 0 aliphatic carbocycles. The Morgan fingerprint density at radius 1 is 1.36 bits per heavy atom. The van der Waals surface area contributed by atoms with E-state index in [1.54, 1.807) is 18.3 Å². The minimum atomic E-state index is -0.237. The molecule has 2 rings (SSSR count). The van der Waals surface area contributed by atoms with Crippen LogP contribution in [0.25, 0.3) is 11.0 Å². The number of pyridine rings is 1. The van der Waals surface area contributed by atoms with Crippen LogP contribution in [0.4, 0.5) is 0 Å². The highest BCUT2D eigenvalue weighted by atomic mass is 16.3. The van der Waals surface area contributed by atoms with Crippen LogP contribution in [0.3, 0.4) is 0 Å². The topological polar surface area (TPSA) is 69.1 Å². The maximum Gasteiger partial charge on any atom is 0.234 e. The predicted octanol–water partition coefficient (Wildman–Crippen LogP) is 0.974. The fourth-order valence-corrected chi connectivity index (χ4v) is 0.994. The van der Waals surface area contributed by atoms with E-state index in [4.69, 9.17) is 10.2 Å². The Morgan fingerprint density at radius 2 is 2.18 bits per heavy atom. The van der Waals surface area contributed by atoms with Crippen LogP contribution in [-0.4, -0.2) is 20.2 Å². The summed E-state index contributed by atoms with van der Waals surface area (Å²) >= 11 is 0. The van der Waals surface area contributed by atoms with E-state index in [1.807, 2.05) is 0 Å². The second kappa shape index (κ2) is 1.88. The molecule has 11 heavy (non-hydrogen) atoms. The molecule has 0 bridgehead atoms. The zero-order valence-electron chi connectivity index (χ0n) is 5.57. The summed E-state index contributed by atoms with van der Waals surface area (Å²) in [6.45, 7) is 0. The van der Waals surface area contributed by atoms with Crippen molar-refractivity contribution in [3.8, 4) is 11.6 Å². The molecule has 0 spiro atoms. The minimum Gasteiger partial charge on any atom is -0.502 e. The molecular weight excluding hydrogens is 144 g/mol. The third-order valence-electron chi connectivity index (χ3n) is 1.51. The maximum atomic E-state index is 9.15. The maximum absolute atomic E-state index is 9.15. The van der Waals surface area contributed by atoms with E-state index in [1.165, 1.54) is 0 Å². The highest BCUT2D eigenvalue weighted by Crippen LogP contribution is 2.31. The molecule has 3 N–H and O–H groups in total. The quantitative estimate of drug-likeness (QED) is 0.524. The van der Waals surface area contributed by atoms with Crippen LogP contribution in [0.2, 0.25) is 0 Å². The van der Waals surface area contributed by atoms with E-state index in [9.17, 15) is 0 Å². The number of rotatable bonds is 0. The Kier molecular flexibility index (Phi) is 1.03. The lowest BCUT2D eigenvalue weighted by molar-refractivity contribution is 0.398. The van der Waals surface area contributed by atoms with Gasteiger partial charge in [-0.1, -0.05) is 0 Å². The van der Waals surface area contributed by atoms with Gasteiger partial charge in [-0.05, 0) is 12.1 Å². The molecule has 0 aliphatic rings. The van der Waals surface area contributed by atoms with Gasteiger partial charge in [0, 0.05) is 6.20 Å². The zero-order chi connectivity index (χ0) is 7.84. The fourth-order valence-electron chi connectivity index (χ4n) is 0.994. The molecule has 0 radical (unpaired) electrons. The lowest BCUT2D eigenvalue weighted by Gasteiger charge is -1.85. The molecule has 0 saturated carbocycles. The molecule has 0 unspecified atom stereocenters. The Labute approximate surface area is 62.1 Å². The average molecular weight is 150 g/mol. The number of fused-ring (bicyclic) bond motifs is 1. The summed E-state index contributed by atoms with van der Waals surface area (Å²) < 4.78 is 0. The molecule has 56 valence electrons. The number of hydrogen-bond donors (Lipinski definition) is 3. The van der Waals surface area contributed by atoms with E-state index in [0.29, 0.717) is 11.0 Å². The van der Waals surface area contributed by atoms with Gasteiger partial charge >= 0.3 is 0 Å². The van der Waals surface area contributed by atoms with Crippen molar-refractivity contribution >= 4 is 11.0 Å². The molecule has 4 nitrogen and oxygen atoms in total. The van der Waals surface area contributed by atoms with Crippen LogP contribution < -0.4 is 0 Å². The van der Waals surface area contributed by atoms with Crippen LogP contribution in [0.15, 0.2) is 18.3 Å². The molecule has 0 saturated heterocycles. The molecule has 0 atom stereocenters. The molecule has 0 fully saturated rings. The van der Waals surface area contributed by atoms with Gasteiger partial charge < -0.3 is 15.2 Å². The second-order valence-corrected chi connectivity index (χ2v) is 2.22. The molecule has 2 heterocycles. The summed E-state index contributed by atoms with van der Waals surface area (Å²) in [5, 5.41) is 18.2. The summed E-state index contributed by atoms with van der Waals surface area (Å²) in [6.07, 6.45) is 1.55. The third kappa shape index (κ3) is 0.724. The first-order valence-corrected chi connectivity index (χ1v) is 3.13. The van der Waals surface area contributed by atoms with E-state index in [0.717, 1.165) is 0 Å². The van der Waals surface area contributed by atoms with E-state index < -0.39 is 0 Å². The Morgan fingerprint density at radius 3 is 2.91 bits per heavy atom. The standard InChI is InChI=1S/C7H6N2O2/c10-6-5-4(9-7(6)11)2-1-3-8-5/h1-3,9-11H. The number of nitrogens with one attached hydrogen (secondary N) is 1. The van der Waals surface area contributed by atoms with Crippen molar-refractivity contribution in [2.45, 2.75) is 0 Å². The van der Waals surface area contributed by atoms with Crippen molar-refractivity contribution in [3.05, 3.63) is 18.3 Å². The molecular formula is C7H6N2O2. The normalized spacial score (nSPS) is 10.5. The van der Waals surface area contributed by atoms with Gasteiger partial charge in [0.2, 0.25) is 11.6 Å². The van der Waals surface area contributed by atoms with E-state index in [-0.39, 0.29) is 11.6 Å². The van der Waals surface area contributed by atoms with Gasteiger partial charge in [0.1, 0.15) is 5.52 Å². The van der Waals surface area contributed by atoms with Gasteiger partial charge in [-0.15, -0.1) is 0 Å². The van der Waals surface area contributed by atoms with Crippen molar-refractivity contribution in [2.24, 2.45) is 0 Å². The van der Waals surface area contributed by atoms with Crippen LogP contribution in [0.5, 0.6) is 11.6 Å². The van der Waals surface area contributed by atoms with Crippen molar-refractivity contribution in [1.82, 2.24) is 9.97 Å². The highest BCUT2D eigenvalue weighted by molar-refractivity contribution is 5.84. The van der Waals surface area contributed by atoms with Gasteiger partial charge in [0.05, 0.1) is 5.52 Å². The lowest BCUT2D eigenvalue weighted by Crippen LogP contribution is -1.70. The summed E-state index contributed by atoms with van der Waals surface area (Å²) in [7, 11) is 0. The summed E-state index contributed by atoms with van der Waals surface area (Å²) in [5.41, 5.74) is 1.02. The second-order valence-electron chi connectivity index (χ2n) is 2.22. The van der Waals surface area contributed by atoms with Crippen molar-refractivity contribution in [1.29, 1.82) is 0 Å². The number of aromatic nitrogens is 2. The van der Waals surface area contributed by atoms with Gasteiger partial charge in [-0.3, -0.25) is 4.98 Å². The molecule has 0 aromatic carbocycles. The molecule has 4 heteroatoms. The molecule has 0 amide bonds. The van der Waals surface area contributed by atoms with Gasteiger partial charge in [-0.2, -0.15) is 0 Å². The predicted molar refractivity (Wildman–Crippen MR) is 39.4 cm³/mol. The largest absolute Gasteiger partial charge is 0.502 e. The smallest absolute Gasteiger partial charge is 0.234 e. The number of nitrogens with zero attached hydrogens (tertiary/aromatic N) is 1. The van der Waals surface area contributed by atoms with Gasteiger partial charge in [0.25, 0.3) is 0 Å². The zero-order valence-corrected chi connectivity index (χ0v) is 5.57. The van der Waals surface area contributed by atoms with Crippen molar-refractivity contribution < 1.29 is 10.2 Å². The number of aromatic amines is 1. The molecule has 2 aromatic heterocycles. The summed E-state index contributed by atoms with van der Waals surface area (Å²) in [5.74, 6) is -0.431. The Hall–Kier alpha value is -1.71. The van der Waals surface area contributed by atoms with Gasteiger partial charge in [0.15, 0.2) is 0 Å². The van der Waals surface area contributed by atoms with Crippen LogP contribution in [0.1, 0.15) is 0 Å². The summed E-state index contributed by atoms with van der Waals surface area (Å²) in [6, 6.07) is 3.44. The summed E-state index contributed by atoms with van der Waals surface area (Å²) in [4.78, 5) is 6.43. The first-order chi connectivity index (χ1) is 5.29. The van der Waals surface area contributed by atoms with Crippen molar-refractivity contribution in [2.75, 3.05) is 0 Å². The number of hydrogen-bond acceptors (Lipinski definition) is 3. The highest BCUT2D eigenvalue weighted by Gasteiger charge is 2.08. The van der Waals surface area contributed by atoms with E-state index >= 15 is 0 Å².